The maximum Gasteiger partial charge on any atom is 0.191 e. The van der Waals surface area contributed by atoms with Gasteiger partial charge in [0.25, 0.3) is 0 Å². The average Bonchev–Trinajstić information content (AvgIpc) is 3.02. The van der Waals surface area contributed by atoms with Gasteiger partial charge in [0.15, 0.2) is 5.96 Å². The first kappa shape index (κ1) is 19.2. The first-order valence-electron chi connectivity index (χ1n) is 9.15. The van der Waals surface area contributed by atoms with Crippen LogP contribution in [0.2, 0.25) is 0 Å². The van der Waals surface area contributed by atoms with Gasteiger partial charge in [0.2, 0.25) is 0 Å². The lowest BCUT2D eigenvalue weighted by Crippen LogP contribution is -2.53. The van der Waals surface area contributed by atoms with Gasteiger partial charge in [-0.2, -0.15) is 0 Å². The van der Waals surface area contributed by atoms with Crippen molar-refractivity contribution < 1.29 is 0 Å². The Bertz CT molecular complexity index is 505. The minimum atomic E-state index is 0.524. The number of aryl methyl sites for hydroxylation is 1. The number of hydrogen-bond acceptors (Lipinski definition) is 4. The van der Waals surface area contributed by atoms with Crippen molar-refractivity contribution in [3.63, 3.8) is 0 Å². The molecule has 1 fully saturated rings. The van der Waals surface area contributed by atoms with Crippen LogP contribution in [0, 0.1) is 6.92 Å². The van der Waals surface area contributed by atoms with E-state index in [9.17, 15) is 0 Å². The van der Waals surface area contributed by atoms with Gasteiger partial charge in [-0.15, -0.1) is 11.3 Å². The molecular formula is C18H33N5S. The number of nitrogens with one attached hydrogen (secondary N) is 2. The van der Waals surface area contributed by atoms with Crippen LogP contribution in [0.5, 0.6) is 0 Å². The molecule has 1 aromatic heterocycles. The zero-order valence-corrected chi connectivity index (χ0v) is 16.5. The Hall–Kier alpha value is -1.11. The van der Waals surface area contributed by atoms with Gasteiger partial charge in [-0.1, -0.05) is 6.92 Å². The Morgan fingerprint density at radius 1 is 1.25 bits per heavy atom. The minimum Gasteiger partial charge on any atom is -0.357 e. The molecule has 5 nitrogen and oxygen atoms in total. The molecule has 1 saturated heterocycles. The third-order valence-electron chi connectivity index (χ3n) is 4.74. The van der Waals surface area contributed by atoms with Crippen molar-refractivity contribution >= 4 is 17.3 Å². The van der Waals surface area contributed by atoms with Crippen molar-refractivity contribution in [2.24, 2.45) is 4.99 Å². The summed E-state index contributed by atoms with van der Waals surface area (Å²) in [5.41, 5.74) is 1.33. The first-order chi connectivity index (χ1) is 11.6. The molecular weight excluding hydrogens is 318 g/mol. The largest absolute Gasteiger partial charge is 0.357 e. The van der Waals surface area contributed by atoms with E-state index < -0.39 is 0 Å². The van der Waals surface area contributed by atoms with Gasteiger partial charge >= 0.3 is 0 Å². The number of aliphatic imine (C=N–C) groups is 1. The molecule has 0 bridgehead atoms. The van der Waals surface area contributed by atoms with Gasteiger partial charge in [0.1, 0.15) is 0 Å². The molecule has 0 amide bonds. The van der Waals surface area contributed by atoms with Crippen LogP contribution >= 0.6 is 11.3 Å². The van der Waals surface area contributed by atoms with E-state index in [0.717, 1.165) is 25.6 Å². The lowest BCUT2D eigenvalue weighted by Gasteiger charge is -2.37. The molecule has 1 aliphatic rings. The van der Waals surface area contributed by atoms with Gasteiger partial charge in [-0.05, 0) is 44.3 Å². The standard InChI is InChI=1S/C18H33N5S/c1-5-19-18(21-14-17-15(3)7-12-24-17)20-13-16(4)23-10-8-22(6-2)9-11-23/h7,12,16H,5-6,8-11,13-14H2,1-4H3,(H2,19,20,21). The molecule has 6 heteroatoms. The number of piperazine rings is 1. The van der Waals surface area contributed by atoms with E-state index in [4.69, 9.17) is 4.99 Å². The monoisotopic (exact) mass is 351 g/mol. The highest BCUT2D eigenvalue weighted by Gasteiger charge is 2.20. The number of likely N-dealkylation sites (N-methyl/N-ethyl adjacent to an activating group) is 1. The van der Waals surface area contributed by atoms with Gasteiger partial charge in [-0.3, -0.25) is 4.90 Å². The van der Waals surface area contributed by atoms with Gasteiger partial charge in [-0.25, -0.2) is 4.99 Å². The van der Waals surface area contributed by atoms with E-state index in [1.54, 1.807) is 11.3 Å². The predicted octanol–water partition coefficient (Wildman–Crippen LogP) is 2.14. The van der Waals surface area contributed by atoms with Crippen LogP contribution in [0.4, 0.5) is 0 Å². The lowest BCUT2D eigenvalue weighted by atomic mass is 10.2. The summed E-state index contributed by atoms with van der Waals surface area (Å²) in [5, 5.41) is 9.01. The second-order valence-corrected chi connectivity index (χ2v) is 7.42. The molecule has 0 aromatic carbocycles. The first-order valence-corrected chi connectivity index (χ1v) is 10.0. The fourth-order valence-electron chi connectivity index (χ4n) is 2.95. The summed E-state index contributed by atoms with van der Waals surface area (Å²) in [6, 6.07) is 2.68. The zero-order chi connectivity index (χ0) is 17.4. The molecule has 136 valence electrons. The predicted molar refractivity (Wildman–Crippen MR) is 105 cm³/mol. The van der Waals surface area contributed by atoms with E-state index in [-0.39, 0.29) is 0 Å². The molecule has 2 rings (SSSR count). The average molecular weight is 352 g/mol. The fraction of sp³-hybridized carbons (Fsp3) is 0.722. The molecule has 0 aliphatic carbocycles. The molecule has 24 heavy (non-hydrogen) atoms. The van der Waals surface area contributed by atoms with Crippen molar-refractivity contribution in [1.29, 1.82) is 0 Å². The van der Waals surface area contributed by atoms with Crippen LogP contribution in [0.1, 0.15) is 31.2 Å². The quantitative estimate of drug-likeness (QED) is 0.583. The Morgan fingerprint density at radius 3 is 2.58 bits per heavy atom. The maximum absolute atomic E-state index is 4.74. The van der Waals surface area contributed by atoms with E-state index in [1.807, 2.05) is 0 Å². The SMILES string of the molecule is CCNC(=NCc1sccc1C)NCC(C)N1CCN(CC)CC1. The zero-order valence-electron chi connectivity index (χ0n) is 15.6. The molecule has 0 radical (unpaired) electrons. The summed E-state index contributed by atoms with van der Waals surface area (Å²) in [4.78, 5) is 11.2. The normalized spacial score (nSPS) is 18.6. The second kappa shape index (κ2) is 10.0. The molecule has 2 heterocycles. The van der Waals surface area contributed by atoms with Crippen molar-refractivity contribution in [3.8, 4) is 0 Å². The smallest absolute Gasteiger partial charge is 0.191 e. The highest BCUT2D eigenvalue weighted by atomic mass is 32.1. The molecule has 1 atom stereocenters. The summed E-state index contributed by atoms with van der Waals surface area (Å²) < 4.78 is 0. The molecule has 0 spiro atoms. The van der Waals surface area contributed by atoms with Crippen LogP contribution in [0.3, 0.4) is 0 Å². The number of hydrogen-bond donors (Lipinski definition) is 2. The molecule has 1 aromatic rings. The van der Waals surface area contributed by atoms with Gasteiger partial charge in [0.05, 0.1) is 6.54 Å². The summed E-state index contributed by atoms with van der Waals surface area (Å²) in [7, 11) is 0. The van der Waals surface area contributed by atoms with Gasteiger partial charge < -0.3 is 15.5 Å². The van der Waals surface area contributed by atoms with Crippen LogP contribution in [0.25, 0.3) is 0 Å². The van der Waals surface area contributed by atoms with E-state index in [1.165, 1.54) is 43.2 Å². The van der Waals surface area contributed by atoms with Gasteiger partial charge in [0, 0.05) is 50.2 Å². The fourth-order valence-corrected chi connectivity index (χ4v) is 3.78. The van der Waals surface area contributed by atoms with E-state index in [2.05, 4.69) is 59.6 Å². The lowest BCUT2D eigenvalue weighted by molar-refractivity contribution is 0.107. The number of nitrogens with zero attached hydrogens (tertiary/aromatic N) is 3. The van der Waals surface area contributed by atoms with Crippen molar-refractivity contribution in [3.05, 3.63) is 21.9 Å². The Kier molecular flexibility index (Phi) is 8.02. The number of thiophene rings is 1. The van der Waals surface area contributed by atoms with Crippen LogP contribution in [-0.4, -0.2) is 67.6 Å². The Labute approximate surface area is 151 Å². The maximum atomic E-state index is 4.74. The topological polar surface area (TPSA) is 42.9 Å². The van der Waals surface area contributed by atoms with E-state index >= 15 is 0 Å². The third kappa shape index (κ3) is 5.76. The highest BCUT2D eigenvalue weighted by Crippen LogP contribution is 2.16. The van der Waals surface area contributed by atoms with Crippen LogP contribution in [-0.2, 0) is 6.54 Å². The Morgan fingerprint density at radius 2 is 2.00 bits per heavy atom. The van der Waals surface area contributed by atoms with Crippen LogP contribution < -0.4 is 10.6 Å². The van der Waals surface area contributed by atoms with E-state index in [0.29, 0.717) is 6.04 Å². The van der Waals surface area contributed by atoms with Crippen molar-refractivity contribution in [2.45, 2.75) is 40.3 Å². The molecule has 0 saturated carbocycles. The van der Waals surface area contributed by atoms with Crippen molar-refractivity contribution in [1.82, 2.24) is 20.4 Å². The number of rotatable bonds is 7. The van der Waals surface area contributed by atoms with Crippen LogP contribution in [0.15, 0.2) is 16.4 Å². The summed E-state index contributed by atoms with van der Waals surface area (Å²) in [6.45, 7) is 17.3. The minimum absolute atomic E-state index is 0.524. The Balaban J connectivity index is 1.81. The highest BCUT2D eigenvalue weighted by molar-refractivity contribution is 7.10. The molecule has 2 N–H and O–H groups in total. The summed E-state index contributed by atoms with van der Waals surface area (Å²) in [6.07, 6.45) is 0. The second-order valence-electron chi connectivity index (χ2n) is 6.42. The molecule has 1 unspecified atom stereocenters. The van der Waals surface area contributed by atoms with Crippen molar-refractivity contribution in [2.75, 3.05) is 45.8 Å². The molecule has 1 aliphatic heterocycles. The number of guanidine groups is 1. The summed E-state index contributed by atoms with van der Waals surface area (Å²) in [5.74, 6) is 0.921. The summed E-state index contributed by atoms with van der Waals surface area (Å²) >= 11 is 1.78. The third-order valence-corrected chi connectivity index (χ3v) is 5.74.